The molecule has 0 aromatic rings. The summed E-state index contributed by atoms with van der Waals surface area (Å²) < 4.78 is 11.1. The molecule has 0 aromatic heterocycles. The summed E-state index contributed by atoms with van der Waals surface area (Å²) in [6, 6.07) is 0. The third kappa shape index (κ3) is 2.98. The number of carbonyl (C=O) groups is 1. The van der Waals surface area contributed by atoms with Gasteiger partial charge in [0.15, 0.2) is 0 Å². The highest BCUT2D eigenvalue weighted by molar-refractivity contribution is 5.65. The van der Waals surface area contributed by atoms with Crippen LogP contribution in [0.5, 0.6) is 0 Å². The van der Waals surface area contributed by atoms with Crippen LogP contribution in [0.2, 0.25) is 0 Å². The minimum Gasteiger partial charge on any atom is -0.443 e. The average Bonchev–Trinajstić information content (AvgIpc) is 2.60. The molecule has 2 aliphatic rings. The van der Waals surface area contributed by atoms with Crippen LogP contribution >= 0.6 is 0 Å². The van der Waals surface area contributed by atoms with Crippen molar-refractivity contribution in [2.75, 3.05) is 32.8 Å². The Morgan fingerprint density at radius 1 is 1.17 bits per heavy atom. The van der Waals surface area contributed by atoms with Crippen molar-refractivity contribution in [3.8, 4) is 0 Å². The molecule has 5 nitrogen and oxygen atoms in total. The molecule has 2 rings (SSSR count). The standard InChI is InChI=1S/C18H34N2O3/c1-15(2,3)18(13-20-9-11-22-12-10-20)8-7-17(6,16(18,4)5)23-14(19)21/h7-13H2,1-6H3,(H2,19,21)/t17-,18+/m1/s1. The summed E-state index contributed by atoms with van der Waals surface area (Å²) >= 11 is 0. The highest BCUT2D eigenvalue weighted by atomic mass is 16.6. The van der Waals surface area contributed by atoms with Crippen LogP contribution in [0.3, 0.4) is 0 Å². The van der Waals surface area contributed by atoms with Gasteiger partial charge in [0.25, 0.3) is 0 Å². The van der Waals surface area contributed by atoms with Gasteiger partial charge in [-0.2, -0.15) is 0 Å². The van der Waals surface area contributed by atoms with Crippen molar-refractivity contribution in [1.29, 1.82) is 0 Å². The van der Waals surface area contributed by atoms with Gasteiger partial charge < -0.3 is 15.2 Å². The molecule has 2 N–H and O–H groups in total. The van der Waals surface area contributed by atoms with Gasteiger partial charge in [-0.15, -0.1) is 0 Å². The molecule has 2 fully saturated rings. The Bertz CT molecular complexity index is 452. The molecule has 2 atom stereocenters. The number of morpholine rings is 1. The van der Waals surface area contributed by atoms with Gasteiger partial charge in [-0.3, -0.25) is 4.90 Å². The Balaban J connectivity index is 2.37. The predicted octanol–water partition coefficient (Wildman–Crippen LogP) is 3.03. The van der Waals surface area contributed by atoms with Crippen LogP contribution in [-0.2, 0) is 9.47 Å². The maximum atomic E-state index is 11.5. The zero-order valence-electron chi connectivity index (χ0n) is 15.7. The lowest BCUT2D eigenvalue weighted by molar-refractivity contribution is -0.131. The molecule has 1 amide bonds. The summed E-state index contributed by atoms with van der Waals surface area (Å²) in [7, 11) is 0. The Morgan fingerprint density at radius 2 is 1.74 bits per heavy atom. The quantitative estimate of drug-likeness (QED) is 0.866. The number of carbonyl (C=O) groups excluding carboxylic acids is 1. The number of ether oxygens (including phenoxy) is 2. The first-order valence-electron chi connectivity index (χ1n) is 8.74. The summed E-state index contributed by atoms with van der Waals surface area (Å²) in [5, 5.41) is 0. The fourth-order valence-electron chi connectivity index (χ4n) is 4.95. The number of primary amides is 1. The van der Waals surface area contributed by atoms with E-state index in [1.807, 2.05) is 6.92 Å². The first kappa shape index (κ1) is 18.5. The molecule has 1 saturated carbocycles. The maximum Gasteiger partial charge on any atom is 0.405 e. The number of amides is 1. The van der Waals surface area contributed by atoms with E-state index in [9.17, 15) is 4.79 Å². The second-order valence-corrected chi connectivity index (χ2v) is 9.00. The lowest BCUT2D eigenvalue weighted by atomic mass is 9.52. The third-order valence-electron chi connectivity index (χ3n) is 6.91. The predicted molar refractivity (Wildman–Crippen MR) is 91.2 cm³/mol. The number of hydrogen-bond donors (Lipinski definition) is 1. The maximum absolute atomic E-state index is 11.5. The Labute approximate surface area is 140 Å². The van der Waals surface area contributed by atoms with Crippen LogP contribution in [0, 0.1) is 16.2 Å². The van der Waals surface area contributed by atoms with Crippen molar-refractivity contribution < 1.29 is 14.3 Å². The van der Waals surface area contributed by atoms with E-state index >= 15 is 0 Å². The zero-order chi connectivity index (χ0) is 17.5. The van der Waals surface area contributed by atoms with E-state index in [0.29, 0.717) is 0 Å². The van der Waals surface area contributed by atoms with Gasteiger partial charge in [0.05, 0.1) is 13.2 Å². The summed E-state index contributed by atoms with van der Waals surface area (Å²) in [5.74, 6) is 0. The van der Waals surface area contributed by atoms with Gasteiger partial charge in [0.1, 0.15) is 5.60 Å². The zero-order valence-corrected chi connectivity index (χ0v) is 15.7. The second-order valence-electron chi connectivity index (χ2n) is 9.00. The summed E-state index contributed by atoms with van der Waals surface area (Å²) in [4.78, 5) is 14.0. The molecular weight excluding hydrogens is 292 g/mol. The number of rotatable bonds is 3. The molecule has 23 heavy (non-hydrogen) atoms. The molecule has 0 bridgehead atoms. The fraction of sp³-hybridized carbons (Fsp3) is 0.944. The summed E-state index contributed by atoms with van der Waals surface area (Å²) in [5.41, 5.74) is 4.80. The molecular formula is C18H34N2O3. The molecule has 5 heteroatoms. The first-order chi connectivity index (χ1) is 10.5. The van der Waals surface area contributed by atoms with Crippen molar-refractivity contribution in [2.24, 2.45) is 22.0 Å². The van der Waals surface area contributed by atoms with Crippen LogP contribution in [0.25, 0.3) is 0 Å². The second kappa shape index (κ2) is 5.92. The molecule has 1 aliphatic carbocycles. The normalized spacial score (nSPS) is 35.2. The van der Waals surface area contributed by atoms with Gasteiger partial charge >= 0.3 is 6.09 Å². The van der Waals surface area contributed by atoms with Crippen LogP contribution in [0.15, 0.2) is 0 Å². The van der Waals surface area contributed by atoms with Gasteiger partial charge in [-0.25, -0.2) is 4.79 Å². The lowest BCUT2D eigenvalue weighted by Crippen LogP contribution is -2.59. The van der Waals surface area contributed by atoms with E-state index in [0.717, 1.165) is 45.7 Å². The van der Waals surface area contributed by atoms with E-state index in [1.165, 1.54) is 0 Å². The molecule has 1 heterocycles. The Hall–Kier alpha value is -0.810. The van der Waals surface area contributed by atoms with E-state index in [1.54, 1.807) is 0 Å². The smallest absolute Gasteiger partial charge is 0.405 e. The number of nitrogens with two attached hydrogens (primary N) is 1. The summed E-state index contributed by atoms with van der Waals surface area (Å²) in [6.45, 7) is 18.0. The number of hydrogen-bond acceptors (Lipinski definition) is 4. The largest absolute Gasteiger partial charge is 0.443 e. The SMILES string of the molecule is CC(C)(C)[C@@]1(CN2CCOCC2)CC[C@@](C)(OC(N)=O)C1(C)C. The van der Waals surface area contributed by atoms with Crippen molar-refractivity contribution in [2.45, 2.75) is 60.0 Å². The van der Waals surface area contributed by atoms with Gasteiger partial charge in [0, 0.05) is 25.0 Å². The van der Waals surface area contributed by atoms with Gasteiger partial charge in [0.2, 0.25) is 0 Å². The molecule has 0 aromatic carbocycles. The minimum atomic E-state index is -0.670. The van der Waals surface area contributed by atoms with Crippen LogP contribution in [-0.4, -0.2) is 49.4 Å². The third-order valence-corrected chi connectivity index (χ3v) is 6.91. The van der Waals surface area contributed by atoms with Crippen LogP contribution in [0.4, 0.5) is 4.79 Å². The van der Waals surface area contributed by atoms with Crippen molar-refractivity contribution in [3.63, 3.8) is 0 Å². The molecule has 0 radical (unpaired) electrons. The van der Waals surface area contributed by atoms with E-state index < -0.39 is 11.7 Å². The van der Waals surface area contributed by atoms with Crippen molar-refractivity contribution in [3.05, 3.63) is 0 Å². The fourth-order valence-corrected chi connectivity index (χ4v) is 4.95. The molecule has 134 valence electrons. The topological polar surface area (TPSA) is 64.8 Å². The minimum absolute atomic E-state index is 0.0432. The molecule has 0 spiro atoms. The molecule has 1 saturated heterocycles. The Morgan fingerprint density at radius 3 is 2.22 bits per heavy atom. The average molecular weight is 326 g/mol. The monoisotopic (exact) mass is 326 g/mol. The van der Waals surface area contributed by atoms with E-state index in [4.69, 9.17) is 15.2 Å². The molecule has 0 unspecified atom stereocenters. The van der Waals surface area contributed by atoms with E-state index in [2.05, 4.69) is 39.5 Å². The van der Waals surface area contributed by atoms with E-state index in [-0.39, 0.29) is 16.2 Å². The van der Waals surface area contributed by atoms with Crippen molar-refractivity contribution in [1.82, 2.24) is 4.90 Å². The van der Waals surface area contributed by atoms with Gasteiger partial charge in [-0.1, -0.05) is 34.6 Å². The first-order valence-corrected chi connectivity index (χ1v) is 8.74. The van der Waals surface area contributed by atoms with Gasteiger partial charge in [-0.05, 0) is 30.6 Å². The lowest BCUT2D eigenvalue weighted by Gasteiger charge is -2.56. The Kier molecular flexibility index (Phi) is 4.77. The summed E-state index contributed by atoms with van der Waals surface area (Å²) in [6.07, 6.45) is 1.21. The number of nitrogens with zero attached hydrogens (tertiary/aromatic N) is 1. The van der Waals surface area contributed by atoms with Crippen molar-refractivity contribution >= 4 is 6.09 Å². The van der Waals surface area contributed by atoms with Crippen LogP contribution < -0.4 is 5.73 Å². The van der Waals surface area contributed by atoms with Crippen LogP contribution in [0.1, 0.15) is 54.4 Å². The highest BCUT2D eigenvalue weighted by Crippen LogP contribution is 2.66. The highest BCUT2D eigenvalue weighted by Gasteiger charge is 2.66. The molecule has 1 aliphatic heterocycles.